The minimum absolute atomic E-state index is 0.408. The molecule has 0 aliphatic carbocycles. The molecule has 3 nitrogen and oxygen atoms in total. The molecule has 13 heavy (non-hydrogen) atoms. The summed E-state index contributed by atoms with van der Waals surface area (Å²) in [5.41, 5.74) is 0. The molecule has 1 atom stereocenters. The van der Waals surface area contributed by atoms with Crippen molar-refractivity contribution in [1.29, 1.82) is 0 Å². The Morgan fingerprint density at radius 3 is 2.92 bits per heavy atom. The Hall–Kier alpha value is -1.26. The zero-order valence-corrected chi connectivity index (χ0v) is 7.49. The van der Waals surface area contributed by atoms with Crippen LogP contribution in [0.2, 0.25) is 0 Å². The highest BCUT2D eigenvalue weighted by atomic mass is 32.2. The molecule has 66 valence electrons. The van der Waals surface area contributed by atoms with Gasteiger partial charge in [-0.25, -0.2) is 4.21 Å². The zero-order chi connectivity index (χ0) is 9.26. The molecule has 1 heterocycles. The number of hydrogen-bond donors (Lipinski definition) is 1. The van der Waals surface area contributed by atoms with E-state index in [2.05, 4.69) is 4.98 Å². The van der Waals surface area contributed by atoms with Crippen LogP contribution in [-0.2, 0) is 11.1 Å². The maximum Gasteiger partial charge on any atom is 0.187 e. The fourth-order valence-electron chi connectivity index (χ4n) is 1.24. The van der Waals surface area contributed by atoms with Gasteiger partial charge in [-0.3, -0.25) is 4.98 Å². The number of benzene rings is 1. The summed E-state index contributed by atoms with van der Waals surface area (Å²) in [6, 6.07) is 7.07. The second-order valence-electron chi connectivity index (χ2n) is 2.60. The van der Waals surface area contributed by atoms with E-state index in [4.69, 9.17) is 4.55 Å². The second kappa shape index (κ2) is 3.24. The molecular formula is C9H7NO2S. The minimum atomic E-state index is -1.94. The molecule has 0 amide bonds. The van der Waals surface area contributed by atoms with Crippen LogP contribution in [0.4, 0.5) is 0 Å². The number of rotatable bonds is 1. The van der Waals surface area contributed by atoms with E-state index in [-0.39, 0.29) is 0 Å². The topological polar surface area (TPSA) is 50.2 Å². The van der Waals surface area contributed by atoms with E-state index in [0.717, 1.165) is 10.8 Å². The molecular weight excluding hydrogens is 186 g/mol. The van der Waals surface area contributed by atoms with E-state index >= 15 is 0 Å². The number of pyridine rings is 1. The zero-order valence-electron chi connectivity index (χ0n) is 6.68. The minimum Gasteiger partial charge on any atom is -0.302 e. The second-order valence-corrected chi connectivity index (χ2v) is 3.54. The van der Waals surface area contributed by atoms with Gasteiger partial charge in [-0.1, -0.05) is 12.1 Å². The summed E-state index contributed by atoms with van der Waals surface area (Å²) in [7, 11) is 0. The van der Waals surface area contributed by atoms with Gasteiger partial charge in [0.2, 0.25) is 0 Å². The van der Waals surface area contributed by atoms with Gasteiger partial charge in [-0.2, -0.15) is 0 Å². The molecule has 0 radical (unpaired) electrons. The molecule has 0 fully saturated rings. The molecule has 0 aliphatic rings. The van der Waals surface area contributed by atoms with Gasteiger partial charge in [-0.15, -0.1) is 0 Å². The summed E-state index contributed by atoms with van der Waals surface area (Å²) in [4.78, 5) is 4.32. The monoisotopic (exact) mass is 193 g/mol. The Kier molecular flexibility index (Phi) is 2.08. The summed E-state index contributed by atoms with van der Waals surface area (Å²) < 4.78 is 19.9. The van der Waals surface area contributed by atoms with Crippen LogP contribution in [0.25, 0.3) is 10.8 Å². The number of hydrogen-bond acceptors (Lipinski definition) is 2. The predicted molar refractivity (Wildman–Crippen MR) is 50.8 cm³/mol. The molecule has 0 saturated heterocycles. The Morgan fingerprint density at radius 2 is 2.15 bits per heavy atom. The first-order valence-electron chi connectivity index (χ1n) is 3.72. The van der Waals surface area contributed by atoms with E-state index in [1.54, 1.807) is 24.5 Å². The highest BCUT2D eigenvalue weighted by Gasteiger charge is 2.04. The third-order valence-corrected chi connectivity index (χ3v) is 2.56. The van der Waals surface area contributed by atoms with Crippen molar-refractivity contribution in [2.45, 2.75) is 4.90 Å². The van der Waals surface area contributed by atoms with Gasteiger partial charge in [0.05, 0.1) is 4.90 Å². The average molecular weight is 193 g/mol. The molecule has 0 aliphatic heterocycles. The summed E-state index contributed by atoms with van der Waals surface area (Å²) >= 11 is -1.94. The molecule has 2 rings (SSSR count). The van der Waals surface area contributed by atoms with Crippen molar-refractivity contribution < 1.29 is 8.76 Å². The Bertz CT molecular complexity index is 465. The van der Waals surface area contributed by atoms with Crippen molar-refractivity contribution in [2.75, 3.05) is 0 Å². The van der Waals surface area contributed by atoms with Gasteiger partial charge in [-0.05, 0) is 17.5 Å². The maximum atomic E-state index is 10.9. The molecule has 0 bridgehead atoms. The van der Waals surface area contributed by atoms with Crippen molar-refractivity contribution in [3.63, 3.8) is 0 Å². The fourth-order valence-corrected chi connectivity index (χ4v) is 1.79. The number of aromatic nitrogens is 1. The van der Waals surface area contributed by atoms with Gasteiger partial charge < -0.3 is 4.55 Å². The van der Waals surface area contributed by atoms with Crippen LogP contribution >= 0.6 is 0 Å². The predicted octanol–water partition coefficient (Wildman–Crippen LogP) is 1.82. The van der Waals surface area contributed by atoms with Crippen molar-refractivity contribution in [1.82, 2.24) is 4.98 Å². The van der Waals surface area contributed by atoms with Crippen LogP contribution in [0.15, 0.2) is 41.6 Å². The van der Waals surface area contributed by atoms with Gasteiger partial charge in [0.15, 0.2) is 11.1 Å². The van der Waals surface area contributed by atoms with Gasteiger partial charge in [0, 0.05) is 17.8 Å². The summed E-state index contributed by atoms with van der Waals surface area (Å²) in [5.74, 6) is 0. The van der Waals surface area contributed by atoms with E-state index in [1.807, 2.05) is 12.1 Å². The molecule has 0 spiro atoms. The van der Waals surface area contributed by atoms with E-state index in [1.165, 1.54) is 0 Å². The summed E-state index contributed by atoms with van der Waals surface area (Å²) in [5, 5.41) is 1.65. The molecule has 0 saturated carbocycles. The Labute approximate surface area is 77.7 Å². The van der Waals surface area contributed by atoms with Crippen molar-refractivity contribution in [2.24, 2.45) is 0 Å². The first-order chi connectivity index (χ1) is 6.29. The van der Waals surface area contributed by atoms with Gasteiger partial charge in [0.25, 0.3) is 0 Å². The largest absolute Gasteiger partial charge is 0.302 e. The normalized spacial score (nSPS) is 13.0. The van der Waals surface area contributed by atoms with Gasteiger partial charge >= 0.3 is 0 Å². The van der Waals surface area contributed by atoms with Crippen LogP contribution in [0.3, 0.4) is 0 Å². The lowest BCUT2D eigenvalue weighted by molar-refractivity contribution is 0.565. The van der Waals surface area contributed by atoms with E-state index in [0.29, 0.717) is 4.90 Å². The summed E-state index contributed by atoms with van der Waals surface area (Å²) in [6.07, 6.45) is 3.26. The van der Waals surface area contributed by atoms with Crippen molar-refractivity contribution in [3.8, 4) is 0 Å². The van der Waals surface area contributed by atoms with Gasteiger partial charge in [0.1, 0.15) is 0 Å². The van der Waals surface area contributed by atoms with E-state index < -0.39 is 11.1 Å². The SMILES string of the molecule is O=S(O)c1cccc2ccncc12. The summed E-state index contributed by atoms with van der Waals surface area (Å²) in [6.45, 7) is 0. The smallest absolute Gasteiger partial charge is 0.187 e. The average Bonchev–Trinajstić information content (AvgIpc) is 2.17. The van der Waals surface area contributed by atoms with Crippen LogP contribution in [0, 0.1) is 0 Å². The molecule has 4 heteroatoms. The molecule has 1 N–H and O–H groups in total. The first kappa shape index (κ1) is 8.34. The molecule has 1 aromatic heterocycles. The van der Waals surface area contributed by atoms with Crippen LogP contribution in [0.1, 0.15) is 0 Å². The molecule has 1 unspecified atom stereocenters. The molecule has 2 aromatic rings. The number of nitrogens with zero attached hydrogens (tertiary/aromatic N) is 1. The van der Waals surface area contributed by atoms with Crippen molar-refractivity contribution in [3.05, 3.63) is 36.7 Å². The molecule has 1 aromatic carbocycles. The highest BCUT2D eigenvalue weighted by molar-refractivity contribution is 7.79. The third-order valence-electron chi connectivity index (χ3n) is 1.83. The maximum absolute atomic E-state index is 10.9. The Balaban J connectivity index is 2.83. The number of fused-ring (bicyclic) bond motifs is 1. The lowest BCUT2D eigenvalue weighted by atomic mass is 10.2. The third kappa shape index (κ3) is 1.46. The quantitative estimate of drug-likeness (QED) is 0.703. The van der Waals surface area contributed by atoms with Crippen LogP contribution in [0.5, 0.6) is 0 Å². The Morgan fingerprint density at radius 1 is 1.31 bits per heavy atom. The lowest BCUT2D eigenvalue weighted by Crippen LogP contribution is -1.89. The van der Waals surface area contributed by atoms with E-state index in [9.17, 15) is 4.21 Å². The standard InChI is InChI=1S/C9H7NO2S/c11-13(12)9-3-1-2-7-4-5-10-6-8(7)9/h1-6H,(H,11,12). The first-order valence-corrected chi connectivity index (χ1v) is 4.83. The highest BCUT2D eigenvalue weighted by Crippen LogP contribution is 2.19. The lowest BCUT2D eigenvalue weighted by Gasteiger charge is -2.00. The van der Waals surface area contributed by atoms with Crippen LogP contribution < -0.4 is 0 Å². The van der Waals surface area contributed by atoms with Crippen LogP contribution in [-0.4, -0.2) is 13.7 Å². The van der Waals surface area contributed by atoms with Crippen molar-refractivity contribution >= 4 is 21.9 Å². The fraction of sp³-hybridized carbons (Fsp3) is 0.